The second-order valence-electron chi connectivity index (χ2n) is 5.42. The Bertz CT molecular complexity index is 688. The second kappa shape index (κ2) is 6.75. The van der Waals surface area contributed by atoms with Crippen molar-refractivity contribution >= 4 is 11.8 Å². The zero-order valence-electron chi connectivity index (χ0n) is 13.2. The first-order valence-corrected chi connectivity index (χ1v) is 7.50. The Morgan fingerprint density at radius 2 is 2.00 bits per heavy atom. The van der Waals surface area contributed by atoms with Crippen molar-refractivity contribution in [1.29, 1.82) is 0 Å². The molecule has 6 heteroatoms. The fourth-order valence-electron chi connectivity index (χ4n) is 2.67. The van der Waals surface area contributed by atoms with Crippen molar-refractivity contribution in [2.24, 2.45) is 0 Å². The fraction of sp³-hybridized carbons (Fsp3) is 0.353. The third-order valence-corrected chi connectivity index (χ3v) is 4.03. The van der Waals surface area contributed by atoms with Crippen LogP contribution >= 0.6 is 0 Å². The largest absolute Gasteiger partial charge is 0.465 e. The van der Waals surface area contributed by atoms with Crippen LogP contribution in [0, 0.1) is 0 Å². The summed E-state index contributed by atoms with van der Waals surface area (Å²) >= 11 is 0. The number of hydrogen-bond acceptors (Lipinski definition) is 6. The van der Waals surface area contributed by atoms with Crippen LogP contribution in [0.4, 0.5) is 5.82 Å². The molecular weight excluding hydrogens is 294 g/mol. The average molecular weight is 313 g/mol. The van der Waals surface area contributed by atoms with E-state index in [9.17, 15) is 4.79 Å². The maximum Gasteiger partial charge on any atom is 0.337 e. The van der Waals surface area contributed by atoms with Crippen LogP contribution in [0.25, 0.3) is 11.3 Å². The van der Waals surface area contributed by atoms with Crippen LogP contribution in [0.15, 0.2) is 36.7 Å². The summed E-state index contributed by atoms with van der Waals surface area (Å²) in [4.78, 5) is 22.6. The first-order chi connectivity index (χ1) is 11.2. The van der Waals surface area contributed by atoms with Gasteiger partial charge in [-0.15, -0.1) is 0 Å². The second-order valence-corrected chi connectivity index (χ2v) is 5.42. The van der Waals surface area contributed by atoms with Crippen LogP contribution in [0.3, 0.4) is 0 Å². The van der Waals surface area contributed by atoms with Crippen LogP contribution in [-0.4, -0.2) is 49.4 Å². The Morgan fingerprint density at radius 1 is 1.22 bits per heavy atom. The number of carbonyl (C=O) groups excluding carboxylic acids is 1. The summed E-state index contributed by atoms with van der Waals surface area (Å²) < 4.78 is 10.1. The fourth-order valence-corrected chi connectivity index (χ4v) is 2.67. The molecule has 2 heterocycles. The van der Waals surface area contributed by atoms with Gasteiger partial charge < -0.3 is 14.4 Å². The molecule has 1 aromatic heterocycles. The van der Waals surface area contributed by atoms with E-state index < -0.39 is 0 Å². The van der Waals surface area contributed by atoms with Crippen molar-refractivity contribution in [2.75, 3.05) is 32.2 Å². The van der Waals surface area contributed by atoms with E-state index in [-0.39, 0.29) is 12.1 Å². The zero-order chi connectivity index (χ0) is 16.2. The molecule has 1 fully saturated rings. The highest BCUT2D eigenvalue weighted by molar-refractivity contribution is 5.89. The zero-order valence-corrected chi connectivity index (χ0v) is 13.2. The topological polar surface area (TPSA) is 64.5 Å². The maximum absolute atomic E-state index is 11.5. The van der Waals surface area contributed by atoms with Gasteiger partial charge in [-0.3, -0.25) is 4.98 Å². The lowest BCUT2D eigenvalue weighted by atomic mass is 10.1. The first kappa shape index (κ1) is 15.4. The van der Waals surface area contributed by atoms with Gasteiger partial charge in [-0.05, 0) is 18.6 Å². The minimum absolute atomic E-state index is 0.250. The molecule has 1 saturated heterocycles. The highest BCUT2D eigenvalue weighted by Gasteiger charge is 2.23. The number of ether oxygens (including phenoxy) is 2. The molecule has 1 atom stereocenters. The predicted molar refractivity (Wildman–Crippen MR) is 86.4 cm³/mol. The molecular formula is C17H19N3O3. The van der Waals surface area contributed by atoms with E-state index in [1.54, 1.807) is 31.6 Å². The Morgan fingerprint density at radius 3 is 2.65 bits per heavy atom. The van der Waals surface area contributed by atoms with E-state index in [1.807, 2.05) is 12.1 Å². The number of benzene rings is 1. The Balaban J connectivity index is 1.81. The van der Waals surface area contributed by atoms with E-state index in [2.05, 4.69) is 14.9 Å². The summed E-state index contributed by atoms with van der Waals surface area (Å²) in [7, 11) is 3.10. The molecule has 0 bridgehead atoms. The Hall–Kier alpha value is -2.47. The van der Waals surface area contributed by atoms with Gasteiger partial charge in [0.05, 0.1) is 36.9 Å². The summed E-state index contributed by atoms with van der Waals surface area (Å²) in [5.74, 6) is 0.498. The van der Waals surface area contributed by atoms with E-state index in [4.69, 9.17) is 9.47 Å². The van der Waals surface area contributed by atoms with Gasteiger partial charge in [0.25, 0.3) is 0 Å². The minimum atomic E-state index is -0.348. The van der Waals surface area contributed by atoms with Crippen molar-refractivity contribution in [3.8, 4) is 11.3 Å². The number of esters is 1. The smallest absolute Gasteiger partial charge is 0.337 e. The van der Waals surface area contributed by atoms with E-state index in [0.29, 0.717) is 5.56 Å². The molecule has 23 heavy (non-hydrogen) atoms. The molecule has 0 unspecified atom stereocenters. The third-order valence-electron chi connectivity index (χ3n) is 4.03. The molecule has 120 valence electrons. The molecule has 0 aliphatic carbocycles. The van der Waals surface area contributed by atoms with Gasteiger partial charge in [0.15, 0.2) is 0 Å². The molecule has 2 aromatic rings. The number of methoxy groups -OCH3 is 2. The van der Waals surface area contributed by atoms with Gasteiger partial charge in [-0.2, -0.15) is 0 Å². The van der Waals surface area contributed by atoms with Crippen molar-refractivity contribution in [2.45, 2.75) is 12.5 Å². The monoisotopic (exact) mass is 313 g/mol. The van der Waals surface area contributed by atoms with Gasteiger partial charge in [0.2, 0.25) is 0 Å². The molecule has 0 radical (unpaired) electrons. The van der Waals surface area contributed by atoms with Crippen molar-refractivity contribution < 1.29 is 14.3 Å². The molecule has 1 aromatic carbocycles. The van der Waals surface area contributed by atoms with Gasteiger partial charge in [0, 0.05) is 25.8 Å². The predicted octanol–water partition coefficient (Wildman–Crippen LogP) is 2.16. The lowest BCUT2D eigenvalue weighted by Crippen LogP contribution is -2.23. The standard InChI is InChI=1S/C17H19N3O3/c1-22-14-7-8-20(11-14)16-10-18-9-15(19-16)12-3-5-13(6-4-12)17(21)23-2/h3-6,9-10,14H,7-8,11H2,1-2H3/t14-/m0/s1. The number of hydrogen-bond donors (Lipinski definition) is 0. The summed E-state index contributed by atoms with van der Waals surface area (Å²) in [5, 5.41) is 0. The van der Waals surface area contributed by atoms with Gasteiger partial charge in [0.1, 0.15) is 5.82 Å². The molecule has 0 amide bonds. The highest BCUT2D eigenvalue weighted by Crippen LogP contribution is 2.23. The molecule has 0 N–H and O–H groups in total. The van der Waals surface area contributed by atoms with Crippen molar-refractivity contribution in [3.05, 3.63) is 42.2 Å². The normalized spacial score (nSPS) is 17.3. The SMILES string of the molecule is COC(=O)c1ccc(-c2cncc(N3CC[C@H](OC)C3)n2)cc1. The number of nitrogens with zero attached hydrogens (tertiary/aromatic N) is 3. The highest BCUT2D eigenvalue weighted by atomic mass is 16.5. The summed E-state index contributed by atoms with van der Waals surface area (Å²) in [6.07, 6.45) is 4.74. The Kier molecular flexibility index (Phi) is 4.52. The average Bonchev–Trinajstić information content (AvgIpc) is 3.10. The molecule has 0 spiro atoms. The number of rotatable bonds is 4. The van der Waals surface area contributed by atoms with Crippen LogP contribution in [0.1, 0.15) is 16.8 Å². The molecule has 0 saturated carbocycles. The maximum atomic E-state index is 11.5. The summed E-state index contributed by atoms with van der Waals surface area (Å²) in [6, 6.07) is 7.16. The Labute approximate surface area is 135 Å². The van der Waals surface area contributed by atoms with Gasteiger partial charge >= 0.3 is 5.97 Å². The molecule has 6 nitrogen and oxygen atoms in total. The lowest BCUT2D eigenvalue weighted by Gasteiger charge is -2.17. The molecule has 1 aliphatic heterocycles. The summed E-state index contributed by atoms with van der Waals surface area (Å²) in [6.45, 7) is 1.74. The molecule has 3 rings (SSSR count). The van der Waals surface area contributed by atoms with Crippen molar-refractivity contribution in [1.82, 2.24) is 9.97 Å². The number of aromatic nitrogens is 2. The van der Waals surface area contributed by atoms with Crippen LogP contribution in [-0.2, 0) is 9.47 Å². The third kappa shape index (κ3) is 3.32. The first-order valence-electron chi connectivity index (χ1n) is 7.50. The molecule has 1 aliphatic rings. The summed E-state index contributed by atoms with van der Waals surface area (Å²) in [5.41, 5.74) is 2.21. The minimum Gasteiger partial charge on any atom is -0.465 e. The van der Waals surface area contributed by atoms with Crippen LogP contribution < -0.4 is 4.90 Å². The van der Waals surface area contributed by atoms with Gasteiger partial charge in [-0.25, -0.2) is 9.78 Å². The van der Waals surface area contributed by atoms with Gasteiger partial charge in [-0.1, -0.05) is 12.1 Å². The lowest BCUT2D eigenvalue weighted by molar-refractivity contribution is 0.0601. The van der Waals surface area contributed by atoms with E-state index in [1.165, 1.54) is 7.11 Å². The van der Waals surface area contributed by atoms with Crippen LogP contribution in [0.5, 0.6) is 0 Å². The van der Waals surface area contributed by atoms with E-state index >= 15 is 0 Å². The van der Waals surface area contributed by atoms with E-state index in [0.717, 1.165) is 36.6 Å². The van der Waals surface area contributed by atoms with Crippen LogP contribution in [0.2, 0.25) is 0 Å². The number of carbonyl (C=O) groups is 1. The quantitative estimate of drug-likeness (QED) is 0.806. The number of anilines is 1. The van der Waals surface area contributed by atoms with Crippen molar-refractivity contribution in [3.63, 3.8) is 0 Å².